The molecule has 1 saturated carbocycles. The first kappa shape index (κ1) is 12.4. The highest BCUT2D eigenvalue weighted by molar-refractivity contribution is 4.84. The molecule has 1 aliphatic heterocycles. The molecule has 0 aromatic heterocycles. The quantitative estimate of drug-likeness (QED) is 0.794. The van der Waals surface area contributed by atoms with Gasteiger partial charge >= 0.3 is 0 Å². The Morgan fingerprint density at radius 3 is 2.44 bits per heavy atom. The molecule has 3 unspecified atom stereocenters. The van der Waals surface area contributed by atoms with Crippen LogP contribution in [0.4, 0.5) is 0 Å². The zero-order valence-electron chi connectivity index (χ0n) is 10.9. The molecule has 2 fully saturated rings. The monoisotopic (exact) mass is 225 g/mol. The van der Waals surface area contributed by atoms with Crippen molar-refractivity contribution < 1.29 is 4.74 Å². The largest absolute Gasteiger partial charge is 0.374 e. The second-order valence-electron chi connectivity index (χ2n) is 5.70. The van der Waals surface area contributed by atoms with E-state index in [1.54, 1.807) is 0 Å². The maximum atomic E-state index is 5.99. The van der Waals surface area contributed by atoms with Gasteiger partial charge in [-0.3, -0.25) is 0 Å². The van der Waals surface area contributed by atoms with Gasteiger partial charge in [0.15, 0.2) is 0 Å². The number of hydrogen-bond acceptors (Lipinski definition) is 2. The summed E-state index contributed by atoms with van der Waals surface area (Å²) < 4.78 is 5.99. The van der Waals surface area contributed by atoms with Gasteiger partial charge in [-0.25, -0.2) is 0 Å². The van der Waals surface area contributed by atoms with E-state index < -0.39 is 0 Å². The lowest BCUT2D eigenvalue weighted by Crippen LogP contribution is -2.39. The van der Waals surface area contributed by atoms with Gasteiger partial charge in [0.05, 0.1) is 12.2 Å². The molecule has 1 aliphatic carbocycles. The van der Waals surface area contributed by atoms with Crippen molar-refractivity contribution in [2.45, 2.75) is 76.5 Å². The summed E-state index contributed by atoms with van der Waals surface area (Å²) in [4.78, 5) is 0. The summed E-state index contributed by atoms with van der Waals surface area (Å²) in [6, 6.07) is 0.591. The number of likely N-dealkylation sites (N-methyl/N-ethyl adjacent to an activating group) is 1. The molecule has 0 amide bonds. The van der Waals surface area contributed by atoms with E-state index in [2.05, 4.69) is 19.3 Å². The van der Waals surface area contributed by atoms with Crippen LogP contribution in [0.15, 0.2) is 0 Å². The van der Waals surface area contributed by atoms with Crippen LogP contribution < -0.4 is 5.32 Å². The van der Waals surface area contributed by atoms with E-state index >= 15 is 0 Å². The molecule has 0 spiro atoms. The van der Waals surface area contributed by atoms with E-state index in [0.717, 1.165) is 5.92 Å². The number of nitrogens with one attached hydrogen (secondary N) is 1. The molecule has 16 heavy (non-hydrogen) atoms. The Bertz CT molecular complexity index is 201. The number of ether oxygens (including phenoxy) is 1. The van der Waals surface area contributed by atoms with Gasteiger partial charge in [0.1, 0.15) is 0 Å². The van der Waals surface area contributed by atoms with Gasteiger partial charge in [-0.15, -0.1) is 0 Å². The molecule has 1 heterocycles. The fourth-order valence-corrected chi connectivity index (χ4v) is 3.37. The van der Waals surface area contributed by atoms with Crippen molar-refractivity contribution in [3.63, 3.8) is 0 Å². The van der Waals surface area contributed by atoms with Crippen molar-refractivity contribution >= 4 is 0 Å². The van der Waals surface area contributed by atoms with Gasteiger partial charge in [0.2, 0.25) is 0 Å². The first-order valence-electron chi connectivity index (χ1n) is 7.12. The molecule has 0 aromatic rings. The predicted octanol–water partition coefficient (Wildman–Crippen LogP) is 3.11. The first-order valence-corrected chi connectivity index (χ1v) is 7.12. The maximum absolute atomic E-state index is 5.99. The van der Waals surface area contributed by atoms with Crippen LogP contribution in [0.1, 0.15) is 58.3 Å². The van der Waals surface area contributed by atoms with Crippen LogP contribution in [0.2, 0.25) is 0 Å². The minimum atomic E-state index is 0.474. The van der Waals surface area contributed by atoms with Crippen molar-refractivity contribution in [1.29, 1.82) is 0 Å². The van der Waals surface area contributed by atoms with Crippen LogP contribution in [-0.4, -0.2) is 25.3 Å². The molecule has 0 bridgehead atoms. The van der Waals surface area contributed by atoms with Gasteiger partial charge in [-0.1, -0.05) is 32.1 Å². The van der Waals surface area contributed by atoms with E-state index in [9.17, 15) is 0 Å². The zero-order chi connectivity index (χ0) is 11.4. The fourth-order valence-electron chi connectivity index (χ4n) is 3.37. The lowest BCUT2D eigenvalue weighted by Gasteiger charge is -2.29. The second kappa shape index (κ2) is 6.02. The van der Waals surface area contributed by atoms with Crippen LogP contribution in [-0.2, 0) is 4.74 Å². The van der Waals surface area contributed by atoms with Gasteiger partial charge in [0.25, 0.3) is 0 Å². The Balaban J connectivity index is 1.80. The topological polar surface area (TPSA) is 21.3 Å². The SMILES string of the molecule is CNC(CC1CCCCC1)C1CCC(C)O1. The molecule has 2 nitrogen and oxygen atoms in total. The lowest BCUT2D eigenvalue weighted by atomic mass is 9.83. The molecule has 1 N–H and O–H groups in total. The molecule has 1 saturated heterocycles. The third-order valence-corrected chi connectivity index (χ3v) is 4.40. The Kier molecular flexibility index (Phi) is 4.66. The Labute approximate surface area is 100 Å². The van der Waals surface area contributed by atoms with Crippen LogP contribution in [0.5, 0.6) is 0 Å². The third kappa shape index (κ3) is 3.21. The van der Waals surface area contributed by atoms with Crippen molar-refractivity contribution in [3.8, 4) is 0 Å². The molecule has 2 heteroatoms. The molecule has 0 radical (unpaired) electrons. The highest BCUT2D eigenvalue weighted by Gasteiger charge is 2.30. The summed E-state index contributed by atoms with van der Waals surface area (Å²) in [5.74, 6) is 0.950. The van der Waals surface area contributed by atoms with E-state index in [4.69, 9.17) is 4.74 Å². The van der Waals surface area contributed by atoms with Crippen LogP contribution >= 0.6 is 0 Å². The van der Waals surface area contributed by atoms with E-state index in [1.807, 2.05) is 0 Å². The highest BCUT2D eigenvalue weighted by Crippen LogP contribution is 2.31. The van der Waals surface area contributed by atoms with Gasteiger partial charge in [-0.05, 0) is 39.2 Å². The smallest absolute Gasteiger partial charge is 0.0732 e. The minimum absolute atomic E-state index is 0.474. The summed E-state index contributed by atoms with van der Waals surface area (Å²) in [6.07, 6.45) is 12.0. The standard InChI is InChI=1S/C14H27NO/c1-11-8-9-14(16-11)13(15-2)10-12-6-4-3-5-7-12/h11-15H,3-10H2,1-2H3. The number of rotatable bonds is 4. The van der Waals surface area contributed by atoms with Gasteiger partial charge < -0.3 is 10.1 Å². The van der Waals surface area contributed by atoms with Gasteiger partial charge in [-0.2, -0.15) is 0 Å². The van der Waals surface area contributed by atoms with E-state index in [0.29, 0.717) is 18.2 Å². The Morgan fingerprint density at radius 2 is 1.88 bits per heavy atom. The van der Waals surface area contributed by atoms with E-state index in [1.165, 1.54) is 51.4 Å². The third-order valence-electron chi connectivity index (χ3n) is 4.40. The summed E-state index contributed by atoms with van der Waals surface area (Å²) in [5.41, 5.74) is 0. The fraction of sp³-hybridized carbons (Fsp3) is 1.00. The van der Waals surface area contributed by atoms with Crippen LogP contribution in [0.25, 0.3) is 0 Å². The van der Waals surface area contributed by atoms with Crippen molar-refractivity contribution in [2.75, 3.05) is 7.05 Å². The van der Waals surface area contributed by atoms with Crippen LogP contribution in [0, 0.1) is 5.92 Å². The van der Waals surface area contributed by atoms with E-state index in [-0.39, 0.29) is 0 Å². The lowest BCUT2D eigenvalue weighted by molar-refractivity contribution is 0.0265. The molecule has 3 atom stereocenters. The zero-order valence-corrected chi connectivity index (χ0v) is 10.9. The molecule has 2 rings (SSSR count). The van der Waals surface area contributed by atoms with Crippen LogP contribution in [0.3, 0.4) is 0 Å². The predicted molar refractivity (Wildman–Crippen MR) is 67.6 cm³/mol. The average molecular weight is 225 g/mol. The second-order valence-corrected chi connectivity index (χ2v) is 5.70. The molecule has 2 aliphatic rings. The summed E-state index contributed by atoms with van der Waals surface area (Å²) in [5, 5.41) is 3.49. The van der Waals surface area contributed by atoms with Crippen molar-refractivity contribution in [3.05, 3.63) is 0 Å². The highest BCUT2D eigenvalue weighted by atomic mass is 16.5. The average Bonchev–Trinajstić information content (AvgIpc) is 2.74. The molecule has 0 aromatic carbocycles. The minimum Gasteiger partial charge on any atom is -0.374 e. The maximum Gasteiger partial charge on any atom is 0.0732 e. The van der Waals surface area contributed by atoms with Crippen molar-refractivity contribution in [2.24, 2.45) is 5.92 Å². The Hall–Kier alpha value is -0.0800. The summed E-state index contributed by atoms with van der Waals surface area (Å²) in [7, 11) is 2.10. The van der Waals surface area contributed by atoms with Gasteiger partial charge in [0, 0.05) is 6.04 Å². The number of hydrogen-bond donors (Lipinski definition) is 1. The normalized spacial score (nSPS) is 34.1. The first-order chi connectivity index (χ1) is 7.79. The molecular weight excluding hydrogens is 198 g/mol. The molecular formula is C14H27NO. The Morgan fingerprint density at radius 1 is 1.12 bits per heavy atom. The summed E-state index contributed by atoms with van der Waals surface area (Å²) >= 11 is 0. The molecule has 94 valence electrons. The van der Waals surface area contributed by atoms with Crippen molar-refractivity contribution in [1.82, 2.24) is 5.32 Å². The summed E-state index contributed by atoms with van der Waals surface area (Å²) in [6.45, 7) is 2.20.